The standard InChI is InChI=1S/C15H26N2O2S/c1-13(2)11-14-5-7-15(8-6-14)12-16-9-4-10-17-20(3,18)19/h5-8,13,16-17H,4,9-12H2,1-3H3. The normalized spacial score (nSPS) is 12.0. The van der Waals surface area contributed by atoms with Crippen LogP contribution in [0.1, 0.15) is 31.4 Å². The first-order valence-electron chi connectivity index (χ1n) is 7.10. The second-order valence-corrected chi connectivity index (χ2v) is 7.44. The van der Waals surface area contributed by atoms with Crippen LogP contribution >= 0.6 is 0 Å². The molecule has 0 saturated carbocycles. The van der Waals surface area contributed by atoms with Crippen LogP contribution in [0.3, 0.4) is 0 Å². The largest absolute Gasteiger partial charge is 0.313 e. The zero-order valence-electron chi connectivity index (χ0n) is 12.6. The number of nitrogens with one attached hydrogen (secondary N) is 2. The Bertz CT molecular complexity index is 481. The van der Waals surface area contributed by atoms with Crippen molar-refractivity contribution in [2.75, 3.05) is 19.3 Å². The number of hydrogen-bond donors (Lipinski definition) is 2. The Morgan fingerprint density at radius 1 is 1.05 bits per heavy atom. The molecule has 0 aliphatic rings. The molecule has 2 N–H and O–H groups in total. The average Bonchev–Trinajstić information content (AvgIpc) is 2.33. The number of sulfonamides is 1. The average molecular weight is 298 g/mol. The van der Waals surface area contributed by atoms with Crippen LogP contribution in [0.4, 0.5) is 0 Å². The smallest absolute Gasteiger partial charge is 0.208 e. The van der Waals surface area contributed by atoms with E-state index >= 15 is 0 Å². The van der Waals surface area contributed by atoms with Gasteiger partial charge in [0.15, 0.2) is 0 Å². The Balaban J connectivity index is 2.19. The SMILES string of the molecule is CC(C)Cc1ccc(CNCCCNS(C)(=O)=O)cc1. The van der Waals surface area contributed by atoms with Crippen LogP contribution < -0.4 is 10.0 Å². The number of rotatable bonds is 9. The fourth-order valence-corrected chi connectivity index (χ4v) is 2.48. The van der Waals surface area contributed by atoms with Crippen molar-refractivity contribution >= 4 is 10.0 Å². The lowest BCUT2D eigenvalue weighted by molar-refractivity contribution is 0.579. The summed E-state index contributed by atoms with van der Waals surface area (Å²) in [7, 11) is -3.06. The molecule has 0 unspecified atom stereocenters. The van der Waals surface area contributed by atoms with Gasteiger partial charge in [-0.05, 0) is 36.4 Å². The highest BCUT2D eigenvalue weighted by Crippen LogP contribution is 2.09. The third-order valence-corrected chi connectivity index (χ3v) is 3.62. The maximum atomic E-state index is 10.9. The number of benzene rings is 1. The lowest BCUT2D eigenvalue weighted by atomic mass is 10.0. The van der Waals surface area contributed by atoms with E-state index in [1.54, 1.807) is 0 Å². The van der Waals surface area contributed by atoms with Gasteiger partial charge in [0.1, 0.15) is 0 Å². The zero-order valence-corrected chi connectivity index (χ0v) is 13.5. The van der Waals surface area contributed by atoms with Gasteiger partial charge in [-0.3, -0.25) is 0 Å². The minimum absolute atomic E-state index is 0.485. The van der Waals surface area contributed by atoms with Crippen molar-refractivity contribution in [1.29, 1.82) is 0 Å². The minimum Gasteiger partial charge on any atom is -0.313 e. The maximum absolute atomic E-state index is 10.9. The molecule has 5 heteroatoms. The Labute approximate surface area is 123 Å². The monoisotopic (exact) mass is 298 g/mol. The highest BCUT2D eigenvalue weighted by atomic mass is 32.2. The zero-order chi connectivity index (χ0) is 15.0. The molecular weight excluding hydrogens is 272 g/mol. The third-order valence-electron chi connectivity index (χ3n) is 2.89. The van der Waals surface area contributed by atoms with Crippen molar-refractivity contribution in [3.63, 3.8) is 0 Å². The molecule has 1 aromatic rings. The highest BCUT2D eigenvalue weighted by Gasteiger charge is 2.00. The molecule has 0 fully saturated rings. The van der Waals surface area contributed by atoms with E-state index in [0.717, 1.165) is 25.9 Å². The highest BCUT2D eigenvalue weighted by molar-refractivity contribution is 7.88. The lowest BCUT2D eigenvalue weighted by Crippen LogP contribution is -2.26. The van der Waals surface area contributed by atoms with Gasteiger partial charge >= 0.3 is 0 Å². The molecule has 1 aromatic carbocycles. The molecule has 0 aliphatic heterocycles. The summed E-state index contributed by atoms with van der Waals surface area (Å²) in [5.41, 5.74) is 2.63. The van der Waals surface area contributed by atoms with Crippen LogP contribution in [0.5, 0.6) is 0 Å². The maximum Gasteiger partial charge on any atom is 0.208 e. The predicted octanol–water partition coefficient (Wildman–Crippen LogP) is 1.91. The van der Waals surface area contributed by atoms with Crippen molar-refractivity contribution in [2.24, 2.45) is 5.92 Å². The predicted molar refractivity (Wildman–Crippen MR) is 84.2 cm³/mol. The molecule has 0 radical (unpaired) electrons. The van der Waals surface area contributed by atoms with E-state index in [1.165, 1.54) is 17.4 Å². The molecule has 0 heterocycles. The molecule has 0 amide bonds. The first-order chi connectivity index (χ1) is 9.37. The van der Waals surface area contributed by atoms with Crippen LogP contribution in [0.15, 0.2) is 24.3 Å². The minimum atomic E-state index is -3.06. The summed E-state index contributed by atoms with van der Waals surface area (Å²) in [5.74, 6) is 0.682. The Kier molecular flexibility index (Phi) is 7.19. The van der Waals surface area contributed by atoms with Gasteiger partial charge in [-0.2, -0.15) is 0 Å². The molecule has 0 atom stereocenters. The van der Waals surface area contributed by atoms with E-state index in [0.29, 0.717) is 12.5 Å². The van der Waals surface area contributed by atoms with Crippen LogP contribution in [0, 0.1) is 5.92 Å². The van der Waals surface area contributed by atoms with Gasteiger partial charge in [0.05, 0.1) is 6.26 Å². The van der Waals surface area contributed by atoms with Gasteiger partial charge in [-0.1, -0.05) is 38.1 Å². The first kappa shape index (κ1) is 17.1. The quantitative estimate of drug-likeness (QED) is 0.685. The summed E-state index contributed by atoms with van der Waals surface area (Å²) in [6.07, 6.45) is 3.09. The Morgan fingerprint density at radius 2 is 1.65 bits per heavy atom. The molecular formula is C15H26N2O2S. The summed E-state index contributed by atoms with van der Waals surface area (Å²) in [6.45, 7) is 6.55. The van der Waals surface area contributed by atoms with E-state index in [1.807, 2.05) is 0 Å². The van der Waals surface area contributed by atoms with Gasteiger partial charge in [0.2, 0.25) is 10.0 Å². The van der Waals surface area contributed by atoms with Crippen molar-refractivity contribution in [2.45, 2.75) is 33.2 Å². The van der Waals surface area contributed by atoms with Gasteiger partial charge in [-0.25, -0.2) is 13.1 Å². The van der Waals surface area contributed by atoms with Gasteiger partial charge in [0.25, 0.3) is 0 Å². The van der Waals surface area contributed by atoms with E-state index in [-0.39, 0.29) is 0 Å². The van der Waals surface area contributed by atoms with Crippen molar-refractivity contribution in [3.05, 3.63) is 35.4 Å². The van der Waals surface area contributed by atoms with Crippen LogP contribution in [0.25, 0.3) is 0 Å². The summed E-state index contributed by atoms with van der Waals surface area (Å²) in [4.78, 5) is 0. The van der Waals surface area contributed by atoms with Crippen molar-refractivity contribution in [1.82, 2.24) is 10.0 Å². The molecule has 0 aliphatic carbocycles. The van der Waals surface area contributed by atoms with E-state index in [9.17, 15) is 8.42 Å². The number of hydrogen-bond acceptors (Lipinski definition) is 3. The molecule has 0 spiro atoms. The van der Waals surface area contributed by atoms with Gasteiger partial charge < -0.3 is 5.32 Å². The van der Waals surface area contributed by atoms with E-state index in [2.05, 4.69) is 48.2 Å². The fraction of sp³-hybridized carbons (Fsp3) is 0.600. The molecule has 4 nitrogen and oxygen atoms in total. The van der Waals surface area contributed by atoms with E-state index in [4.69, 9.17) is 0 Å². The summed E-state index contributed by atoms with van der Waals surface area (Å²) in [6, 6.07) is 8.67. The molecule has 114 valence electrons. The molecule has 0 saturated heterocycles. The topological polar surface area (TPSA) is 58.2 Å². The van der Waals surface area contributed by atoms with Crippen LogP contribution in [-0.2, 0) is 23.0 Å². The first-order valence-corrected chi connectivity index (χ1v) is 8.99. The summed E-state index contributed by atoms with van der Waals surface area (Å²) < 4.78 is 24.2. The van der Waals surface area contributed by atoms with Crippen molar-refractivity contribution in [3.8, 4) is 0 Å². The van der Waals surface area contributed by atoms with Crippen molar-refractivity contribution < 1.29 is 8.42 Å². The van der Waals surface area contributed by atoms with Crippen LogP contribution in [-0.4, -0.2) is 27.8 Å². The molecule has 1 rings (SSSR count). The Hall–Kier alpha value is -0.910. The molecule has 0 aromatic heterocycles. The van der Waals surface area contributed by atoms with E-state index < -0.39 is 10.0 Å². The molecule has 0 bridgehead atoms. The Morgan fingerprint density at radius 3 is 2.20 bits per heavy atom. The van der Waals surface area contributed by atoms with Gasteiger partial charge in [0, 0.05) is 13.1 Å². The summed E-state index contributed by atoms with van der Waals surface area (Å²) >= 11 is 0. The van der Waals surface area contributed by atoms with Gasteiger partial charge in [-0.15, -0.1) is 0 Å². The fourth-order valence-electron chi connectivity index (χ4n) is 1.97. The second kappa shape index (κ2) is 8.39. The molecule has 20 heavy (non-hydrogen) atoms. The second-order valence-electron chi connectivity index (χ2n) is 5.61. The third kappa shape index (κ3) is 8.30. The van der Waals surface area contributed by atoms with Crippen LogP contribution in [0.2, 0.25) is 0 Å². The lowest BCUT2D eigenvalue weighted by Gasteiger charge is -2.08. The summed E-state index contributed by atoms with van der Waals surface area (Å²) in [5, 5.41) is 3.31.